The number of H-pyrrole nitrogens is 1. The monoisotopic (exact) mass is 665 g/mol. The van der Waals surface area contributed by atoms with Gasteiger partial charge in [0.05, 0.1) is 0 Å². The van der Waals surface area contributed by atoms with Crippen molar-refractivity contribution in [2.45, 2.75) is 226 Å². The van der Waals surface area contributed by atoms with E-state index < -0.39 is 0 Å². The topological polar surface area (TPSA) is 19.0 Å². The molecule has 2 nitrogen and oxygen atoms in total. The summed E-state index contributed by atoms with van der Waals surface area (Å²) >= 11 is 0. The first-order valence-electron chi connectivity index (χ1n) is 22.1. The standard InChI is InChI=1S/C46H84N2/c1-3-5-7-9-11-13-15-17-19-21-23-25-27-29-31-35-40-48(42-39-44-43-47-46-38-34-33-37-45(44)46)41-36-32-30-28-26-24-22-20-18-16-14-12-10-8-6-4-2/h33-34,37-38,43,47H,3-32,35-36,39-42H2,1-2H3. The zero-order chi connectivity index (χ0) is 34.0. The van der Waals surface area contributed by atoms with Crippen molar-refractivity contribution >= 4 is 10.9 Å². The second-order valence-electron chi connectivity index (χ2n) is 15.6. The summed E-state index contributed by atoms with van der Waals surface area (Å²) in [4.78, 5) is 6.30. The molecule has 2 rings (SSSR count). The third kappa shape index (κ3) is 24.0. The number of para-hydroxylation sites is 1. The van der Waals surface area contributed by atoms with Gasteiger partial charge in [0.2, 0.25) is 0 Å². The number of aromatic nitrogens is 1. The Labute approximate surface area is 301 Å². The average Bonchev–Trinajstić information content (AvgIpc) is 3.52. The second kappa shape index (κ2) is 32.9. The van der Waals surface area contributed by atoms with Gasteiger partial charge in [-0.2, -0.15) is 0 Å². The molecule has 0 aliphatic rings. The van der Waals surface area contributed by atoms with Crippen molar-refractivity contribution in [2.24, 2.45) is 0 Å². The molecule has 0 aliphatic carbocycles. The molecule has 2 heteroatoms. The maximum absolute atomic E-state index is 3.50. The van der Waals surface area contributed by atoms with Crippen LogP contribution in [-0.4, -0.2) is 29.5 Å². The largest absolute Gasteiger partial charge is 0.361 e. The van der Waals surface area contributed by atoms with Crippen LogP contribution in [0.4, 0.5) is 0 Å². The number of hydrogen-bond acceptors (Lipinski definition) is 1. The van der Waals surface area contributed by atoms with E-state index in [1.165, 1.54) is 248 Å². The van der Waals surface area contributed by atoms with Crippen LogP contribution in [0, 0.1) is 0 Å². The lowest BCUT2D eigenvalue weighted by molar-refractivity contribution is 0.263. The summed E-state index contributed by atoms with van der Waals surface area (Å²) in [5.74, 6) is 0. The van der Waals surface area contributed by atoms with E-state index in [4.69, 9.17) is 0 Å². The molecule has 0 spiro atoms. The third-order valence-electron chi connectivity index (χ3n) is 11.0. The zero-order valence-electron chi connectivity index (χ0n) is 32.8. The highest BCUT2D eigenvalue weighted by Gasteiger charge is 2.09. The smallest absolute Gasteiger partial charge is 0.0456 e. The van der Waals surface area contributed by atoms with Crippen LogP contribution in [0.3, 0.4) is 0 Å². The van der Waals surface area contributed by atoms with Gasteiger partial charge in [-0.15, -0.1) is 0 Å². The predicted molar refractivity (Wildman–Crippen MR) is 218 cm³/mol. The van der Waals surface area contributed by atoms with Gasteiger partial charge in [0.1, 0.15) is 0 Å². The van der Waals surface area contributed by atoms with Crippen molar-refractivity contribution in [3.63, 3.8) is 0 Å². The molecule has 278 valence electrons. The molecule has 0 bridgehead atoms. The molecule has 0 radical (unpaired) electrons. The van der Waals surface area contributed by atoms with Crippen LogP contribution in [0.25, 0.3) is 10.9 Å². The summed E-state index contributed by atoms with van der Waals surface area (Å²) in [6.45, 7) is 8.41. The number of hydrogen-bond donors (Lipinski definition) is 1. The number of aromatic amines is 1. The number of fused-ring (bicyclic) bond motifs is 1. The Balaban J connectivity index is 1.49. The first-order valence-corrected chi connectivity index (χ1v) is 22.1. The van der Waals surface area contributed by atoms with Gasteiger partial charge in [-0.05, 0) is 44.0 Å². The van der Waals surface area contributed by atoms with E-state index in [-0.39, 0.29) is 0 Å². The zero-order valence-corrected chi connectivity index (χ0v) is 32.8. The fourth-order valence-electron chi connectivity index (χ4n) is 7.72. The molecule has 0 saturated carbocycles. The number of unbranched alkanes of at least 4 members (excludes halogenated alkanes) is 30. The quantitative estimate of drug-likeness (QED) is 0.0712. The van der Waals surface area contributed by atoms with E-state index in [9.17, 15) is 0 Å². The Morgan fingerprint density at radius 2 is 0.729 bits per heavy atom. The van der Waals surface area contributed by atoms with Crippen molar-refractivity contribution in [3.8, 4) is 0 Å². The van der Waals surface area contributed by atoms with Crippen LogP contribution >= 0.6 is 0 Å². The molecule has 0 aliphatic heterocycles. The maximum Gasteiger partial charge on any atom is 0.0456 e. The fourth-order valence-corrected chi connectivity index (χ4v) is 7.72. The van der Waals surface area contributed by atoms with Gasteiger partial charge >= 0.3 is 0 Å². The summed E-state index contributed by atoms with van der Waals surface area (Å²) in [5.41, 5.74) is 2.78. The molecule has 48 heavy (non-hydrogen) atoms. The Bertz CT molecular complexity index is 880. The minimum Gasteiger partial charge on any atom is -0.361 e. The number of nitrogens with one attached hydrogen (secondary N) is 1. The highest BCUT2D eigenvalue weighted by atomic mass is 15.1. The first kappa shape index (κ1) is 42.9. The minimum absolute atomic E-state index is 1.17. The molecule has 0 atom stereocenters. The molecule has 1 aromatic carbocycles. The molecule has 2 aromatic rings. The fraction of sp³-hybridized carbons (Fsp3) is 0.826. The summed E-state index contributed by atoms with van der Waals surface area (Å²) in [5, 5.41) is 1.42. The first-order chi connectivity index (χ1) is 23.8. The van der Waals surface area contributed by atoms with Gasteiger partial charge in [0.25, 0.3) is 0 Å². The average molecular weight is 665 g/mol. The van der Waals surface area contributed by atoms with Gasteiger partial charge in [-0.1, -0.05) is 225 Å². The van der Waals surface area contributed by atoms with Crippen LogP contribution in [0.2, 0.25) is 0 Å². The molecule has 0 saturated heterocycles. The second-order valence-corrected chi connectivity index (χ2v) is 15.6. The molecular formula is C46H84N2. The minimum atomic E-state index is 1.17. The molecule has 0 fully saturated rings. The van der Waals surface area contributed by atoms with Crippen molar-refractivity contribution in [3.05, 3.63) is 36.0 Å². The van der Waals surface area contributed by atoms with Crippen LogP contribution in [0.15, 0.2) is 30.5 Å². The van der Waals surface area contributed by atoms with E-state index in [2.05, 4.69) is 54.2 Å². The van der Waals surface area contributed by atoms with E-state index in [0.717, 1.165) is 0 Å². The van der Waals surface area contributed by atoms with Crippen LogP contribution in [-0.2, 0) is 6.42 Å². The summed E-state index contributed by atoms with van der Waals surface area (Å²) in [7, 11) is 0. The highest BCUT2D eigenvalue weighted by molar-refractivity contribution is 5.83. The lowest BCUT2D eigenvalue weighted by Gasteiger charge is -2.22. The molecule has 1 aromatic heterocycles. The normalized spacial score (nSPS) is 11.8. The van der Waals surface area contributed by atoms with E-state index in [1.807, 2.05) is 0 Å². The van der Waals surface area contributed by atoms with Gasteiger partial charge in [0.15, 0.2) is 0 Å². The Kier molecular flexibility index (Phi) is 29.4. The Morgan fingerprint density at radius 3 is 1.10 bits per heavy atom. The van der Waals surface area contributed by atoms with Crippen LogP contribution in [0.5, 0.6) is 0 Å². The number of rotatable bonds is 37. The summed E-state index contributed by atoms with van der Waals surface area (Å²) in [6.07, 6.45) is 49.8. The van der Waals surface area contributed by atoms with Crippen LogP contribution < -0.4 is 0 Å². The summed E-state index contributed by atoms with van der Waals surface area (Å²) < 4.78 is 0. The maximum atomic E-state index is 3.50. The van der Waals surface area contributed by atoms with Gasteiger partial charge in [-0.3, -0.25) is 0 Å². The third-order valence-corrected chi connectivity index (χ3v) is 11.0. The number of benzene rings is 1. The molecule has 0 amide bonds. The van der Waals surface area contributed by atoms with Gasteiger partial charge in [0, 0.05) is 23.6 Å². The van der Waals surface area contributed by atoms with Crippen LogP contribution in [0.1, 0.15) is 225 Å². The SMILES string of the molecule is CCCCCCCCCCCCCCCCCCN(CCCCCCCCCCCCCCCCCC)CCc1c[nH]c2ccccc12. The van der Waals surface area contributed by atoms with Crippen molar-refractivity contribution in [1.29, 1.82) is 0 Å². The lowest BCUT2D eigenvalue weighted by atomic mass is 10.0. The number of nitrogens with zero attached hydrogens (tertiary/aromatic N) is 1. The van der Waals surface area contributed by atoms with Crippen molar-refractivity contribution in [1.82, 2.24) is 9.88 Å². The van der Waals surface area contributed by atoms with Crippen molar-refractivity contribution < 1.29 is 0 Å². The lowest BCUT2D eigenvalue weighted by Crippen LogP contribution is -2.28. The van der Waals surface area contributed by atoms with E-state index >= 15 is 0 Å². The van der Waals surface area contributed by atoms with Gasteiger partial charge in [-0.25, -0.2) is 0 Å². The van der Waals surface area contributed by atoms with Crippen molar-refractivity contribution in [2.75, 3.05) is 19.6 Å². The van der Waals surface area contributed by atoms with Gasteiger partial charge < -0.3 is 9.88 Å². The summed E-state index contributed by atoms with van der Waals surface area (Å²) in [6, 6.07) is 8.83. The molecule has 1 N–H and O–H groups in total. The molecule has 0 unspecified atom stereocenters. The molecular weight excluding hydrogens is 581 g/mol. The van der Waals surface area contributed by atoms with E-state index in [1.54, 1.807) is 0 Å². The highest BCUT2D eigenvalue weighted by Crippen LogP contribution is 2.20. The Morgan fingerprint density at radius 1 is 0.396 bits per heavy atom. The molecule has 1 heterocycles. The van der Waals surface area contributed by atoms with E-state index in [0.29, 0.717) is 0 Å². The predicted octanol–water partition coefficient (Wildman–Crippen LogP) is 15.5. The Hall–Kier alpha value is -1.28.